The first-order chi connectivity index (χ1) is 6.86. The predicted molar refractivity (Wildman–Crippen MR) is 55.9 cm³/mol. The molecule has 2 nitrogen and oxygen atoms in total. The van der Waals surface area contributed by atoms with Crippen LogP contribution in [0.5, 0.6) is 0 Å². The van der Waals surface area contributed by atoms with Gasteiger partial charge in [0.05, 0.1) is 13.2 Å². The fraction of sp³-hybridized carbons (Fsp3) is 0.500. The predicted octanol–water partition coefficient (Wildman–Crippen LogP) is 2.56. The number of rotatable bonds is 6. The summed E-state index contributed by atoms with van der Waals surface area (Å²) in [6.07, 6.45) is 0. The van der Waals surface area contributed by atoms with Gasteiger partial charge in [-0.25, -0.2) is 0 Å². The molecule has 0 N–H and O–H groups in total. The highest BCUT2D eigenvalue weighted by Crippen LogP contribution is 2.06. The highest BCUT2D eigenvalue weighted by Gasteiger charge is 1.96. The molecule has 0 aliphatic heterocycles. The zero-order valence-corrected chi connectivity index (χ0v) is 8.88. The molecule has 77 valence electrons. The molecule has 1 aromatic carbocycles. The van der Waals surface area contributed by atoms with E-state index in [0.717, 1.165) is 24.3 Å². The Bertz CT molecular complexity index is 235. The van der Waals surface area contributed by atoms with Crippen LogP contribution < -0.4 is 0 Å². The van der Waals surface area contributed by atoms with E-state index in [2.05, 4.69) is 6.07 Å². The molecule has 0 spiro atoms. The maximum Gasteiger partial charge on any atom is 0.0722 e. The average Bonchev–Trinajstić information content (AvgIpc) is 2.24. The summed E-state index contributed by atoms with van der Waals surface area (Å²) in [5.41, 5.74) is 2.17. The van der Waals surface area contributed by atoms with Crippen molar-refractivity contribution in [2.24, 2.45) is 0 Å². The second-order valence-electron chi connectivity index (χ2n) is 2.98. The van der Waals surface area contributed by atoms with Crippen LogP contribution in [0.3, 0.4) is 0 Å². The number of benzene rings is 1. The Morgan fingerprint density at radius 1 is 1.00 bits per heavy atom. The van der Waals surface area contributed by atoms with E-state index in [9.17, 15) is 0 Å². The molecule has 1 rings (SSSR count). The molecule has 14 heavy (non-hydrogen) atoms. The van der Waals surface area contributed by atoms with Crippen LogP contribution in [-0.4, -0.2) is 13.2 Å². The summed E-state index contributed by atoms with van der Waals surface area (Å²) in [7, 11) is 0. The lowest BCUT2D eigenvalue weighted by Gasteiger charge is -2.04. The van der Waals surface area contributed by atoms with Gasteiger partial charge in [-0.1, -0.05) is 18.2 Å². The first-order valence-electron chi connectivity index (χ1n) is 5.02. The highest BCUT2D eigenvalue weighted by molar-refractivity contribution is 5.20. The van der Waals surface area contributed by atoms with Crippen molar-refractivity contribution < 1.29 is 9.47 Å². The molecule has 0 fully saturated rings. The van der Waals surface area contributed by atoms with Crippen molar-refractivity contribution in [2.75, 3.05) is 13.2 Å². The molecule has 0 saturated heterocycles. The molecule has 0 unspecified atom stereocenters. The maximum absolute atomic E-state index is 5.31. The third kappa shape index (κ3) is 3.90. The largest absolute Gasteiger partial charge is 0.377 e. The summed E-state index contributed by atoms with van der Waals surface area (Å²) in [4.78, 5) is 0. The topological polar surface area (TPSA) is 18.5 Å². The Morgan fingerprint density at radius 3 is 1.93 bits per heavy atom. The van der Waals surface area contributed by atoms with Crippen LogP contribution in [0.25, 0.3) is 0 Å². The lowest BCUT2D eigenvalue weighted by molar-refractivity contribution is 0.129. The van der Waals surface area contributed by atoms with Crippen LogP contribution in [0.15, 0.2) is 18.2 Å². The van der Waals surface area contributed by atoms with Gasteiger partial charge < -0.3 is 9.47 Å². The van der Waals surface area contributed by atoms with E-state index in [1.807, 2.05) is 32.0 Å². The van der Waals surface area contributed by atoms with E-state index >= 15 is 0 Å². The summed E-state index contributed by atoms with van der Waals surface area (Å²) in [6.45, 7) is 6.73. The zero-order valence-electron chi connectivity index (χ0n) is 8.88. The molecule has 0 saturated carbocycles. The van der Waals surface area contributed by atoms with Gasteiger partial charge in [-0.2, -0.15) is 0 Å². The third-order valence-corrected chi connectivity index (χ3v) is 1.84. The average molecular weight is 193 g/mol. The molecule has 0 heterocycles. The van der Waals surface area contributed by atoms with Gasteiger partial charge >= 0.3 is 0 Å². The molecule has 0 aliphatic rings. The van der Waals surface area contributed by atoms with Crippen LogP contribution >= 0.6 is 0 Å². The Morgan fingerprint density at radius 2 is 1.50 bits per heavy atom. The fourth-order valence-electron chi connectivity index (χ4n) is 1.16. The quantitative estimate of drug-likeness (QED) is 0.691. The highest BCUT2D eigenvalue weighted by atomic mass is 16.5. The van der Waals surface area contributed by atoms with Crippen molar-refractivity contribution in [2.45, 2.75) is 27.1 Å². The second kappa shape index (κ2) is 6.57. The monoisotopic (exact) mass is 193 g/mol. The second-order valence-corrected chi connectivity index (χ2v) is 2.98. The van der Waals surface area contributed by atoms with Gasteiger partial charge in [0.15, 0.2) is 0 Å². The van der Waals surface area contributed by atoms with Crippen molar-refractivity contribution in [3.8, 4) is 0 Å². The van der Waals surface area contributed by atoms with Crippen molar-refractivity contribution in [3.05, 3.63) is 35.4 Å². The van der Waals surface area contributed by atoms with Crippen LogP contribution in [0.1, 0.15) is 25.0 Å². The SMILES string of the molecule is CCOCc1[c]c(COCC)ccc1. The van der Waals surface area contributed by atoms with E-state index in [-0.39, 0.29) is 0 Å². The number of hydrogen-bond acceptors (Lipinski definition) is 2. The van der Waals surface area contributed by atoms with Gasteiger partial charge in [-0.05, 0) is 31.0 Å². The molecule has 0 aromatic heterocycles. The summed E-state index contributed by atoms with van der Waals surface area (Å²) in [5, 5.41) is 0. The van der Waals surface area contributed by atoms with E-state index in [1.54, 1.807) is 0 Å². The van der Waals surface area contributed by atoms with Crippen molar-refractivity contribution in [1.82, 2.24) is 0 Å². The minimum atomic E-state index is 0.635. The van der Waals surface area contributed by atoms with Crippen LogP contribution in [0, 0.1) is 6.07 Å². The molecule has 2 heteroatoms. The van der Waals surface area contributed by atoms with Crippen LogP contribution in [0.2, 0.25) is 0 Å². The van der Waals surface area contributed by atoms with Crippen LogP contribution in [0.4, 0.5) is 0 Å². The first-order valence-corrected chi connectivity index (χ1v) is 5.02. The molecular formula is C12H17O2. The molecule has 0 atom stereocenters. The van der Waals surface area contributed by atoms with Crippen molar-refractivity contribution >= 4 is 0 Å². The molecular weight excluding hydrogens is 176 g/mol. The van der Waals surface area contributed by atoms with Gasteiger partial charge in [0.2, 0.25) is 0 Å². The van der Waals surface area contributed by atoms with Crippen molar-refractivity contribution in [1.29, 1.82) is 0 Å². The molecule has 1 radical (unpaired) electrons. The summed E-state index contributed by atoms with van der Waals surface area (Å²) in [6, 6.07) is 9.32. The number of hydrogen-bond donors (Lipinski definition) is 0. The van der Waals surface area contributed by atoms with E-state index in [0.29, 0.717) is 13.2 Å². The van der Waals surface area contributed by atoms with Gasteiger partial charge in [0.25, 0.3) is 0 Å². The summed E-state index contributed by atoms with van der Waals surface area (Å²) in [5.74, 6) is 0. The maximum atomic E-state index is 5.31. The normalized spacial score (nSPS) is 10.4. The van der Waals surface area contributed by atoms with Gasteiger partial charge in [-0.15, -0.1) is 0 Å². The Labute approximate surface area is 85.8 Å². The molecule has 0 bridgehead atoms. The standard InChI is InChI=1S/C12H17O2/c1-3-13-9-11-6-5-7-12(8-11)10-14-4-2/h5-7H,3-4,9-10H2,1-2H3. The van der Waals surface area contributed by atoms with Gasteiger partial charge in [0.1, 0.15) is 0 Å². The third-order valence-electron chi connectivity index (χ3n) is 1.84. The van der Waals surface area contributed by atoms with E-state index in [4.69, 9.17) is 9.47 Å². The van der Waals surface area contributed by atoms with Crippen LogP contribution in [-0.2, 0) is 22.7 Å². The number of ether oxygens (including phenoxy) is 2. The Hall–Kier alpha value is -0.860. The Balaban J connectivity index is 2.50. The van der Waals surface area contributed by atoms with E-state index in [1.165, 1.54) is 0 Å². The zero-order chi connectivity index (χ0) is 10.2. The lowest BCUT2D eigenvalue weighted by atomic mass is 10.1. The molecule has 0 aliphatic carbocycles. The van der Waals surface area contributed by atoms with Gasteiger partial charge in [0, 0.05) is 13.2 Å². The van der Waals surface area contributed by atoms with Gasteiger partial charge in [-0.3, -0.25) is 0 Å². The molecule has 1 aromatic rings. The lowest BCUT2D eigenvalue weighted by Crippen LogP contribution is -1.96. The first kappa shape index (κ1) is 11.2. The smallest absolute Gasteiger partial charge is 0.0722 e. The minimum Gasteiger partial charge on any atom is -0.377 e. The fourth-order valence-corrected chi connectivity index (χ4v) is 1.16. The summed E-state index contributed by atoms with van der Waals surface area (Å²) < 4.78 is 10.6. The minimum absolute atomic E-state index is 0.635. The van der Waals surface area contributed by atoms with Crippen molar-refractivity contribution in [3.63, 3.8) is 0 Å². The molecule has 0 amide bonds. The van der Waals surface area contributed by atoms with E-state index < -0.39 is 0 Å². The Kier molecular flexibility index (Phi) is 5.27. The summed E-state index contributed by atoms with van der Waals surface area (Å²) >= 11 is 0.